The van der Waals surface area contributed by atoms with Gasteiger partial charge in [0.25, 0.3) is 5.91 Å². The standard InChI is InChI=1S/C13H13N5O/c1-8-7-14-16-12(8)15-13(19)11-9-5-3-4-6-10(9)18(2)17-11/h3-7H,1-2H3,(H2,14,15,16,19). The molecule has 0 aliphatic rings. The quantitative estimate of drug-likeness (QED) is 0.733. The molecule has 3 rings (SSSR count). The molecule has 0 saturated carbocycles. The van der Waals surface area contributed by atoms with Crippen LogP contribution in [-0.2, 0) is 7.05 Å². The predicted octanol–water partition coefficient (Wildman–Crippen LogP) is 1.86. The zero-order valence-electron chi connectivity index (χ0n) is 10.6. The minimum absolute atomic E-state index is 0.246. The number of carbonyl (C=O) groups excluding carboxylic acids is 1. The van der Waals surface area contributed by atoms with Crippen molar-refractivity contribution in [2.45, 2.75) is 6.92 Å². The normalized spacial score (nSPS) is 10.8. The number of aryl methyl sites for hydroxylation is 2. The molecule has 0 unspecified atom stereocenters. The molecule has 2 N–H and O–H groups in total. The lowest BCUT2D eigenvalue weighted by molar-refractivity contribution is 0.102. The number of amides is 1. The molecule has 0 fully saturated rings. The fourth-order valence-corrected chi connectivity index (χ4v) is 2.03. The largest absolute Gasteiger partial charge is 0.305 e. The van der Waals surface area contributed by atoms with Gasteiger partial charge in [0.05, 0.1) is 11.7 Å². The summed E-state index contributed by atoms with van der Waals surface area (Å²) in [7, 11) is 1.82. The number of benzene rings is 1. The van der Waals surface area contributed by atoms with E-state index < -0.39 is 0 Å². The van der Waals surface area contributed by atoms with E-state index in [9.17, 15) is 4.79 Å². The van der Waals surface area contributed by atoms with Gasteiger partial charge in [-0.25, -0.2) is 0 Å². The first kappa shape index (κ1) is 11.5. The molecule has 0 bridgehead atoms. The van der Waals surface area contributed by atoms with Crippen molar-refractivity contribution in [3.8, 4) is 0 Å². The average molecular weight is 255 g/mol. The maximum absolute atomic E-state index is 12.3. The summed E-state index contributed by atoms with van der Waals surface area (Å²) in [6, 6.07) is 7.63. The van der Waals surface area contributed by atoms with Crippen molar-refractivity contribution in [3.05, 3.63) is 41.7 Å². The molecule has 3 aromatic rings. The summed E-state index contributed by atoms with van der Waals surface area (Å²) in [5, 5.41) is 14.5. The molecule has 1 amide bonds. The molecule has 0 atom stereocenters. The predicted molar refractivity (Wildman–Crippen MR) is 72.0 cm³/mol. The Balaban J connectivity index is 2.01. The maximum atomic E-state index is 12.3. The lowest BCUT2D eigenvalue weighted by Gasteiger charge is -2.01. The first-order valence-corrected chi connectivity index (χ1v) is 5.90. The zero-order valence-corrected chi connectivity index (χ0v) is 10.6. The molecule has 0 radical (unpaired) electrons. The van der Waals surface area contributed by atoms with E-state index in [1.807, 2.05) is 38.2 Å². The van der Waals surface area contributed by atoms with Crippen LogP contribution in [0.4, 0.5) is 5.82 Å². The summed E-state index contributed by atoms with van der Waals surface area (Å²) < 4.78 is 1.70. The fourth-order valence-electron chi connectivity index (χ4n) is 2.03. The van der Waals surface area contributed by atoms with Gasteiger partial charge in [0.2, 0.25) is 0 Å². The van der Waals surface area contributed by atoms with Gasteiger partial charge in [0.1, 0.15) is 5.82 Å². The number of para-hydroxylation sites is 1. The molecule has 1 aromatic carbocycles. The van der Waals surface area contributed by atoms with Crippen LogP contribution in [0, 0.1) is 6.92 Å². The smallest absolute Gasteiger partial charge is 0.277 e. The number of H-pyrrole nitrogens is 1. The molecule has 0 spiro atoms. The van der Waals surface area contributed by atoms with Gasteiger partial charge < -0.3 is 5.32 Å². The highest BCUT2D eigenvalue weighted by molar-refractivity contribution is 6.11. The monoisotopic (exact) mass is 255 g/mol. The number of anilines is 1. The van der Waals surface area contributed by atoms with Crippen LogP contribution in [0.3, 0.4) is 0 Å². The minimum Gasteiger partial charge on any atom is -0.305 e. The highest BCUT2D eigenvalue weighted by Crippen LogP contribution is 2.19. The van der Waals surface area contributed by atoms with Crippen molar-refractivity contribution in [1.29, 1.82) is 0 Å². The van der Waals surface area contributed by atoms with E-state index in [0.717, 1.165) is 16.5 Å². The van der Waals surface area contributed by atoms with Crippen LogP contribution in [0.2, 0.25) is 0 Å². The van der Waals surface area contributed by atoms with E-state index >= 15 is 0 Å². The van der Waals surface area contributed by atoms with Crippen molar-refractivity contribution < 1.29 is 4.79 Å². The summed E-state index contributed by atoms with van der Waals surface area (Å²) in [6.07, 6.45) is 1.66. The Labute approximate surface area is 109 Å². The lowest BCUT2D eigenvalue weighted by atomic mass is 10.2. The van der Waals surface area contributed by atoms with Crippen molar-refractivity contribution in [1.82, 2.24) is 20.0 Å². The van der Waals surface area contributed by atoms with E-state index in [-0.39, 0.29) is 5.91 Å². The summed E-state index contributed by atoms with van der Waals surface area (Å²) >= 11 is 0. The Morgan fingerprint density at radius 1 is 1.37 bits per heavy atom. The second kappa shape index (κ2) is 4.24. The third-order valence-corrected chi connectivity index (χ3v) is 3.04. The summed E-state index contributed by atoms with van der Waals surface area (Å²) in [5.41, 5.74) is 2.22. The van der Waals surface area contributed by atoms with Crippen LogP contribution in [0.15, 0.2) is 30.5 Å². The number of carbonyl (C=O) groups is 1. The van der Waals surface area contributed by atoms with Gasteiger partial charge in [-0.3, -0.25) is 14.6 Å². The Morgan fingerprint density at radius 3 is 2.89 bits per heavy atom. The van der Waals surface area contributed by atoms with E-state index in [2.05, 4.69) is 20.6 Å². The van der Waals surface area contributed by atoms with Crippen molar-refractivity contribution >= 4 is 22.6 Å². The van der Waals surface area contributed by atoms with E-state index in [1.165, 1.54) is 0 Å². The van der Waals surface area contributed by atoms with Crippen LogP contribution in [0.1, 0.15) is 16.1 Å². The molecule has 0 saturated heterocycles. The summed E-state index contributed by atoms with van der Waals surface area (Å²) in [5.74, 6) is 0.351. The Kier molecular flexibility index (Phi) is 2.56. The number of nitrogens with zero attached hydrogens (tertiary/aromatic N) is 3. The number of rotatable bonds is 2. The Morgan fingerprint density at radius 2 is 2.16 bits per heavy atom. The van der Waals surface area contributed by atoms with Gasteiger partial charge in [0.15, 0.2) is 5.69 Å². The van der Waals surface area contributed by atoms with Gasteiger partial charge in [-0.2, -0.15) is 10.2 Å². The molecule has 0 aliphatic heterocycles. The van der Waals surface area contributed by atoms with Gasteiger partial charge in [-0.05, 0) is 13.0 Å². The van der Waals surface area contributed by atoms with E-state index in [1.54, 1.807) is 10.9 Å². The number of nitrogens with one attached hydrogen (secondary N) is 2. The van der Waals surface area contributed by atoms with Gasteiger partial charge >= 0.3 is 0 Å². The van der Waals surface area contributed by atoms with Crippen LogP contribution >= 0.6 is 0 Å². The SMILES string of the molecule is Cc1cn[nH]c1NC(=O)c1nn(C)c2ccccc12. The first-order valence-electron chi connectivity index (χ1n) is 5.90. The number of hydrogen-bond donors (Lipinski definition) is 2. The Hall–Kier alpha value is -2.63. The molecule has 2 heterocycles. The van der Waals surface area contributed by atoms with Crippen LogP contribution in [0.5, 0.6) is 0 Å². The second-order valence-corrected chi connectivity index (χ2v) is 4.37. The molecule has 6 nitrogen and oxygen atoms in total. The van der Waals surface area contributed by atoms with Crippen LogP contribution < -0.4 is 5.32 Å². The fraction of sp³-hybridized carbons (Fsp3) is 0.154. The van der Waals surface area contributed by atoms with Crippen LogP contribution in [0.25, 0.3) is 10.9 Å². The van der Waals surface area contributed by atoms with E-state index in [0.29, 0.717) is 11.5 Å². The van der Waals surface area contributed by atoms with Crippen LogP contribution in [-0.4, -0.2) is 25.9 Å². The molecule has 2 aromatic heterocycles. The molecule has 6 heteroatoms. The summed E-state index contributed by atoms with van der Waals surface area (Å²) in [4.78, 5) is 12.3. The van der Waals surface area contributed by atoms with Gasteiger partial charge in [-0.15, -0.1) is 0 Å². The molecular formula is C13H13N5O. The average Bonchev–Trinajstić information content (AvgIpc) is 2.95. The zero-order chi connectivity index (χ0) is 13.4. The third kappa shape index (κ3) is 1.87. The highest BCUT2D eigenvalue weighted by atomic mass is 16.2. The van der Waals surface area contributed by atoms with Gasteiger partial charge in [-0.1, -0.05) is 18.2 Å². The number of aromatic nitrogens is 4. The third-order valence-electron chi connectivity index (χ3n) is 3.04. The molecule has 19 heavy (non-hydrogen) atoms. The van der Waals surface area contributed by atoms with Crippen molar-refractivity contribution in [2.75, 3.05) is 5.32 Å². The van der Waals surface area contributed by atoms with E-state index in [4.69, 9.17) is 0 Å². The topological polar surface area (TPSA) is 75.6 Å². The van der Waals surface area contributed by atoms with Gasteiger partial charge in [0, 0.05) is 18.0 Å². The minimum atomic E-state index is -0.246. The first-order chi connectivity index (χ1) is 9.16. The molecular weight excluding hydrogens is 242 g/mol. The second-order valence-electron chi connectivity index (χ2n) is 4.37. The summed E-state index contributed by atoms with van der Waals surface area (Å²) in [6.45, 7) is 1.87. The maximum Gasteiger partial charge on any atom is 0.277 e. The number of hydrogen-bond acceptors (Lipinski definition) is 3. The van der Waals surface area contributed by atoms with Crippen molar-refractivity contribution in [2.24, 2.45) is 7.05 Å². The lowest BCUT2D eigenvalue weighted by Crippen LogP contribution is -2.14. The number of aromatic amines is 1. The highest BCUT2D eigenvalue weighted by Gasteiger charge is 2.16. The molecule has 96 valence electrons. The Bertz CT molecular complexity index is 755. The van der Waals surface area contributed by atoms with Crippen molar-refractivity contribution in [3.63, 3.8) is 0 Å². The molecule has 0 aliphatic carbocycles. The number of fused-ring (bicyclic) bond motifs is 1.